The first-order valence-electron chi connectivity index (χ1n) is 8.25. The van der Waals surface area contributed by atoms with E-state index in [1.54, 1.807) is 0 Å². The molecule has 2 N–H and O–H groups in total. The molecule has 2 unspecified atom stereocenters. The monoisotopic (exact) mass is 316 g/mol. The van der Waals surface area contributed by atoms with Gasteiger partial charge < -0.3 is 5.32 Å². The summed E-state index contributed by atoms with van der Waals surface area (Å²) in [5.41, 5.74) is 0. The fourth-order valence-corrected chi connectivity index (χ4v) is 5.06. The second kappa shape index (κ2) is 7.58. The van der Waals surface area contributed by atoms with Gasteiger partial charge in [-0.2, -0.15) is 0 Å². The smallest absolute Gasteiger partial charge is 0.221 e. The topological polar surface area (TPSA) is 75.3 Å². The number of carbonyl (C=O) groups is 1. The molecule has 0 aromatic carbocycles. The summed E-state index contributed by atoms with van der Waals surface area (Å²) >= 11 is 0. The zero-order valence-corrected chi connectivity index (χ0v) is 13.8. The summed E-state index contributed by atoms with van der Waals surface area (Å²) in [7, 11) is -3.25. The first kappa shape index (κ1) is 16.7. The maximum Gasteiger partial charge on any atom is 0.221 e. The van der Waals surface area contributed by atoms with Crippen LogP contribution >= 0.6 is 0 Å². The summed E-state index contributed by atoms with van der Waals surface area (Å²) in [5.74, 6) is 0.450. The molecule has 0 heterocycles. The fraction of sp³-hybridized carbons (Fsp3) is 0.933. The molecule has 0 saturated heterocycles. The Bertz CT molecular complexity index is 444. The van der Waals surface area contributed by atoms with E-state index in [0.29, 0.717) is 12.0 Å². The minimum absolute atomic E-state index is 0.0376. The molecule has 2 atom stereocenters. The van der Waals surface area contributed by atoms with Crippen LogP contribution in [-0.2, 0) is 14.8 Å². The molecule has 21 heavy (non-hydrogen) atoms. The van der Waals surface area contributed by atoms with E-state index in [1.165, 1.54) is 19.3 Å². The number of sulfonamides is 1. The van der Waals surface area contributed by atoms with Crippen molar-refractivity contribution in [1.29, 1.82) is 0 Å². The normalized spacial score (nSPS) is 27.7. The molecule has 2 fully saturated rings. The lowest BCUT2D eigenvalue weighted by Crippen LogP contribution is -2.39. The van der Waals surface area contributed by atoms with E-state index in [9.17, 15) is 13.2 Å². The number of amides is 1. The van der Waals surface area contributed by atoms with Crippen LogP contribution in [0.15, 0.2) is 0 Å². The maximum atomic E-state index is 12.1. The summed E-state index contributed by atoms with van der Waals surface area (Å²) < 4.78 is 26.8. The zero-order chi connectivity index (χ0) is 15.3. The summed E-state index contributed by atoms with van der Waals surface area (Å²) in [6.07, 6.45) is 8.41. The lowest BCUT2D eigenvalue weighted by Gasteiger charge is -2.22. The molecule has 2 aliphatic rings. The lowest BCUT2D eigenvalue weighted by atomic mass is 9.95. The van der Waals surface area contributed by atoms with Crippen LogP contribution in [-0.4, -0.2) is 32.2 Å². The average molecular weight is 316 g/mol. The summed E-state index contributed by atoms with van der Waals surface area (Å²) in [5, 5.41) is 2.74. The van der Waals surface area contributed by atoms with E-state index in [1.807, 2.05) is 0 Å². The van der Waals surface area contributed by atoms with E-state index in [0.717, 1.165) is 32.1 Å². The molecule has 1 amide bonds. The molecule has 0 radical (unpaired) electrons. The molecule has 122 valence electrons. The number of rotatable bonds is 6. The highest BCUT2D eigenvalue weighted by Crippen LogP contribution is 2.29. The minimum atomic E-state index is -3.25. The van der Waals surface area contributed by atoms with Gasteiger partial charge in [0.15, 0.2) is 0 Å². The van der Waals surface area contributed by atoms with Crippen LogP contribution in [0.1, 0.15) is 64.7 Å². The fourth-order valence-electron chi connectivity index (χ4n) is 3.41. The van der Waals surface area contributed by atoms with Crippen LogP contribution in [0.2, 0.25) is 0 Å². The van der Waals surface area contributed by atoms with Gasteiger partial charge in [0.25, 0.3) is 0 Å². The van der Waals surface area contributed by atoms with Crippen LogP contribution in [0.3, 0.4) is 0 Å². The lowest BCUT2D eigenvalue weighted by molar-refractivity contribution is -0.121. The van der Waals surface area contributed by atoms with Crippen LogP contribution in [0.4, 0.5) is 0 Å². The highest BCUT2D eigenvalue weighted by molar-refractivity contribution is 7.90. The summed E-state index contributed by atoms with van der Waals surface area (Å²) in [4.78, 5) is 11.8. The Hall–Kier alpha value is -0.620. The summed E-state index contributed by atoms with van der Waals surface area (Å²) in [6, 6.07) is 0.290. The average Bonchev–Trinajstić information content (AvgIpc) is 2.87. The molecule has 2 aliphatic carbocycles. The van der Waals surface area contributed by atoms with Gasteiger partial charge >= 0.3 is 0 Å². The molecule has 0 aliphatic heterocycles. The van der Waals surface area contributed by atoms with Crippen molar-refractivity contribution >= 4 is 15.9 Å². The quantitative estimate of drug-likeness (QED) is 0.786. The van der Waals surface area contributed by atoms with Crippen molar-refractivity contribution in [3.8, 4) is 0 Å². The Kier molecular flexibility index (Phi) is 6.05. The van der Waals surface area contributed by atoms with E-state index in [4.69, 9.17) is 0 Å². The van der Waals surface area contributed by atoms with Gasteiger partial charge in [0.2, 0.25) is 15.9 Å². The van der Waals surface area contributed by atoms with Crippen LogP contribution in [0.5, 0.6) is 0 Å². The number of carbonyl (C=O) groups excluding carboxylic acids is 1. The van der Waals surface area contributed by atoms with Gasteiger partial charge in [0.1, 0.15) is 0 Å². The molecule has 0 bridgehead atoms. The van der Waals surface area contributed by atoms with Crippen LogP contribution < -0.4 is 10.0 Å². The Morgan fingerprint density at radius 1 is 1.10 bits per heavy atom. The Morgan fingerprint density at radius 3 is 2.43 bits per heavy atom. The first-order chi connectivity index (χ1) is 9.97. The Balaban J connectivity index is 1.67. The molecule has 2 rings (SSSR count). The largest absolute Gasteiger partial charge is 0.353 e. The van der Waals surface area contributed by atoms with Gasteiger partial charge in [-0.1, -0.05) is 26.2 Å². The van der Waals surface area contributed by atoms with E-state index in [2.05, 4.69) is 17.0 Å². The van der Waals surface area contributed by atoms with Gasteiger partial charge in [-0.15, -0.1) is 0 Å². The molecular weight excluding hydrogens is 288 g/mol. The van der Waals surface area contributed by atoms with E-state index >= 15 is 0 Å². The van der Waals surface area contributed by atoms with Crippen LogP contribution in [0, 0.1) is 5.92 Å². The van der Waals surface area contributed by atoms with Crippen molar-refractivity contribution in [3.05, 3.63) is 0 Å². The second-order valence-electron chi connectivity index (χ2n) is 6.63. The van der Waals surface area contributed by atoms with Crippen molar-refractivity contribution in [2.75, 3.05) is 6.54 Å². The minimum Gasteiger partial charge on any atom is -0.353 e. The van der Waals surface area contributed by atoms with Crippen molar-refractivity contribution in [2.45, 2.75) is 76.0 Å². The van der Waals surface area contributed by atoms with Crippen molar-refractivity contribution in [3.63, 3.8) is 0 Å². The van der Waals surface area contributed by atoms with E-state index < -0.39 is 10.0 Å². The van der Waals surface area contributed by atoms with E-state index in [-0.39, 0.29) is 24.1 Å². The molecule has 0 aromatic heterocycles. The maximum absolute atomic E-state index is 12.1. The third kappa shape index (κ3) is 5.25. The standard InChI is InChI=1S/C15H28N2O3S/c1-12-7-8-14(11-12)21(19,20)16-10-9-15(18)17-13-5-3-2-4-6-13/h12-14,16H,2-11H2,1H3,(H,17,18). The Labute approximate surface area is 128 Å². The van der Waals surface area contributed by atoms with Crippen LogP contribution in [0.25, 0.3) is 0 Å². The molecule has 6 heteroatoms. The predicted molar refractivity (Wildman–Crippen MR) is 83.4 cm³/mol. The second-order valence-corrected chi connectivity index (χ2v) is 8.68. The molecular formula is C15H28N2O3S. The third-order valence-electron chi connectivity index (χ3n) is 4.71. The van der Waals surface area contributed by atoms with Crippen molar-refractivity contribution < 1.29 is 13.2 Å². The highest BCUT2D eigenvalue weighted by atomic mass is 32.2. The predicted octanol–water partition coefficient (Wildman–Crippen LogP) is 1.93. The number of hydrogen-bond acceptors (Lipinski definition) is 3. The molecule has 0 spiro atoms. The Morgan fingerprint density at radius 2 is 1.81 bits per heavy atom. The first-order valence-corrected chi connectivity index (χ1v) is 9.80. The highest BCUT2D eigenvalue weighted by Gasteiger charge is 2.32. The van der Waals surface area contributed by atoms with Gasteiger partial charge in [-0.25, -0.2) is 13.1 Å². The molecule has 0 aromatic rings. The SMILES string of the molecule is CC1CCC(S(=O)(=O)NCCC(=O)NC2CCCCC2)C1. The third-order valence-corrected chi connectivity index (χ3v) is 6.62. The number of nitrogens with one attached hydrogen (secondary N) is 2. The molecule has 2 saturated carbocycles. The molecule has 5 nitrogen and oxygen atoms in total. The summed E-state index contributed by atoms with van der Waals surface area (Å²) in [6.45, 7) is 2.30. The van der Waals surface area contributed by atoms with Gasteiger partial charge in [-0.3, -0.25) is 4.79 Å². The van der Waals surface area contributed by atoms with Crippen molar-refractivity contribution in [1.82, 2.24) is 10.0 Å². The number of hydrogen-bond donors (Lipinski definition) is 2. The van der Waals surface area contributed by atoms with Gasteiger partial charge in [-0.05, 0) is 38.0 Å². The van der Waals surface area contributed by atoms with Gasteiger partial charge in [0, 0.05) is 19.0 Å². The zero-order valence-electron chi connectivity index (χ0n) is 12.9. The van der Waals surface area contributed by atoms with Gasteiger partial charge in [0.05, 0.1) is 5.25 Å². The van der Waals surface area contributed by atoms with Crippen molar-refractivity contribution in [2.24, 2.45) is 5.92 Å².